The number of nitrogens with one attached hydrogen (secondary N) is 2. The highest BCUT2D eigenvalue weighted by atomic mass is 16.3. The van der Waals surface area contributed by atoms with Gasteiger partial charge in [-0.05, 0) is 67.7 Å². The van der Waals surface area contributed by atoms with Gasteiger partial charge in [-0.15, -0.1) is 0 Å². The van der Waals surface area contributed by atoms with Crippen LogP contribution in [0.1, 0.15) is 34.8 Å². The first-order chi connectivity index (χ1) is 21.2. The number of carbonyl (C=O) groups is 5. The standard InChI is InChI=1S/C32H36N4O9/c1-14(37)34-9-10-35-31(44)16-6-4-5-15(11-16)18-7-8-21(38)23-19(18)12-17-13-20-25(36(2)3)27(40)24(30(33)43)29(42)32(20,45)28(41)22(17)26(23)39/h4-8,11,17,20,24-25,27,38-40,45H,9-10,12-13H2,1-3H3,(H2,33,43)(H,34,37)(H,35,44)/t17-,20-,24?,25-,27?,32-/m0/s1. The van der Waals surface area contributed by atoms with E-state index in [9.17, 15) is 44.4 Å². The van der Waals surface area contributed by atoms with E-state index in [1.165, 1.54) is 17.9 Å². The molecule has 0 saturated heterocycles. The molecule has 2 saturated carbocycles. The molecule has 0 spiro atoms. The molecule has 238 valence electrons. The van der Waals surface area contributed by atoms with Crippen LogP contribution in [0.25, 0.3) is 16.9 Å². The minimum atomic E-state index is -2.74. The average molecular weight is 621 g/mol. The predicted molar refractivity (Wildman–Crippen MR) is 161 cm³/mol. The largest absolute Gasteiger partial charge is 0.507 e. The van der Waals surface area contributed by atoms with Crippen LogP contribution < -0.4 is 16.4 Å². The van der Waals surface area contributed by atoms with Crippen LogP contribution in [0.2, 0.25) is 0 Å². The van der Waals surface area contributed by atoms with Gasteiger partial charge in [0.2, 0.25) is 17.6 Å². The van der Waals surface area contributed by atoms with Crippen LogP contribution in [0.5, 0.6) is 5.75 Å². The molecular weight excluding hydrogens is 584 g/mol. The van der Waals surface area contributed by atoms with Gasteiger partial charge in [-0.25, -0.2) is 0 Å². The van der Waals surface area contributed by atoms with Crippen LogP contribution >= 0.6 is 0 Å². The van der Waals surface area contributed by atoms with Crippen LogP contribution in [0.4, 0.5) is 0 Å². The summed E-state index contributed by atoms with van der Waals surface area (Å²) in [6.45, 7) is 1.85. The molecule has 13 nitrogen and oxygen atoms in total. The number of aliphatic hydroxyl groups excluding tert-OH is 2. The molecule has 3 amide bonds. The first kappa shape index (κ1) is 31.8. The number of likely N-dealkylation sites (N-methyl/N-ethyl adjacent to an activating group) is 1. The quantitative estimate of drug-likeness (QED) is 0.158. The lowest BCUT2D eigenvalue weighted by Crippen LogP contribution is -2.73. The lowest BCUT2D eigenvalue weighted by molar-refractivity contribution is -0.184. The highest BCUT2D eigenvalue weighted by Gasteiger charge is 2.67. The number of ketones is 2. The van der Waals surface area contributed by atoms with E-state index in [-0.39, 0.29) is 54.6 Å². The summed E-state index contributed by atoms with van der Waals surface area (Å²) in [5.74, 6) is -8.71. The number of amides is 3. The molecule has 3 aliphatic carbocycles. The third-order valence-electron chi connectivity index (χ3n) is 9.19. The molecule has 8 N–H and O–H groups in total. The van der Waals surface area contributed by atoms with E-state index < -0.39 is 58.7 Å². The van der Waals surface area contributed by atoms with Gasteiger partial charge in [0, 0.05) is 43.1 Å². The Balaban J connectivity index is 1.56. The summed E-state index contributed by atoms with van der Waals surface area (Å²) in [7, 11) is 3.18. The highest BCUT2D eigenvalue weighted by molar-refractivity contribution is 6.25. The topological polar surface area (TPSA) is 220 Å². The Kier molecular flexibility index (Phi) is 8.29. The number of rotatable bonds is 7. The molecule has 45 heavy (non-hydrogen) atoms. The number of hydrogen-bond donors (Lipinski definition) is 7. The Hall–Kier alpha value is -4.59. The second-order valence-corrected chi connectivity index (χ2v) is 12.1. The summed E-state index contributed by atoms with van der Waals surface area (Å²) in [5, 5.41) is 50.5. The molecular formula is C32H36N4O9. The third-order valence-corrected chi connectivity index (χ3v) is 9.19. The van der Waals surface area contributed by atoms with Gasteiger partial charge >= 0.3 is 0 Å². The number of aliphatic hydroxyl groups is 3. The molecule has 0 aromatic heterocycles. The number of Topliss-reactive ketones (excluding diaryl/α,β-unsaturated/α-hetero) is 2. The van der Waals surface area contributed by atoms with E-state index in [0.29, 0.717) is 22.3 Å². The number of primary amides is 1. The number of phenols is 1. The Morgan fingerprint density at radius 2 is 1.76 bits per heavy atom. The van der Waals surface area contributed by atoms with Crippen molar-refractivity contribution in [2.75, 3.05) is 27.2 Å². The smallest absolute Gasteiger partial charge is 0.251 e. The SMILES string of the molecule is CC(=O)NCCNC(=O)c1cccc(-c2ccc(O)c3c2C[C@H]2C[C@H]4[C@H](N(C)C)C(O)C(C(N)=O)C(=O)[C@@]4(O)C(=O)C2=C3O)c1. The lowest BCUT2D eigenvalue weighted by atomic mass is 9.54. The normalized spacial score (nSPS) is 27.4. The Labute approximate surface area is 258 Å². The minimum absolute atomic E-state index is 0.00988. The number of nitrogens with two attached hydrogens (primary N) is 1. The van der Waals surface area contributed by atoms with E-state index in [2.05, 4.69) is 10.6 Å². The number of hydrogen-bond acceptors (Lipinski definition) is 10. The minimum Gasteiger partial charge on any atom is -0.507 e. The summed E-state index contributed by atoms with van der Waals surface area (Å²) < 4.78 is 0. The Morgan fingerprint density at radius 3 is 2.40 bits per heavy atom. The van der Waals surface area contributed by atoms with Crippen LogP contribution in [0, 0.1) is 17.8 Å². The molecule has 5 rings (SSSR count). The zero-order valence-electron chi connectivity index (χ0n) is 25.0. The number of fused-ring (bicyclic) bond motifs is 3. The lowest BCUT2D eigenvalue weighted by Gasteiger charge is -2.53. The van der Waals surface area contributed by atoms with Crippen molar-refractivity contribution in [3.05, 3.63) is 58.7 Å². The van der Waals surface area contributed by atoms with Crippen molar-refractivity contribution in [3.63, 3.8) is 0 Å². The molecule has 2 aromatic carbocycles. The van der Waals surface area contributed by atoms with Crippen molar-refractivity contribution in [1.82, 2.24) is 15.5 Å². The fourth-order valence-corrected chi connectivity index (χ4v) is 7.22. The monoisotopic (exact) mass is 620 g/mol. The summed E-state index contributed by atoms with van der Waals surface area (Å²) >= 11 is 0. The van der Waals surface area contributed by atoms with Gasteiger partial charge in [-0.1, -0.05) is 18.2 Å². The maximum absolute atomic E-state index is 14.0. The number of carbonyl (C=O) groups excluding carboxylic acids is 5. The van der Waals surface area contributed by atoms with Gasteiger partial charge in [0.25, 0.3) is 5.91 Å². The number of aromatic hydroxyl groups is 1. The Morgan fingerprint density at radius 1 is 1.07 bits per heavy atom. The van der Waals surface area contributed by atoms with Crippen molar-refractivity contribution < 1.29 is 44.4 Å². The zero-order chi connectivity index (χ0) is 33.0. The molecule has 0 aliphatic heterocycles. The predicted octanol–water partition coefficient (Wildman–Crippen LogP) is -0.338. The fraction of sp³-hybridized carbons (Fsp3) is 0.406. The van der Waals surface area contributed by atoms with Crippen molar-refractivity contribution in [2.45, 2.75) is 37.5 Å². The zero-order valence-corrected chi connectivity index (χ0v) is 25.0. The number of benzene rings is 2. The molecule has 13 heteroatoms. The van der Waals surface area contributed by atoms with Crippen molar-refractivity contribution in [3.8, 4) is 16.9 Å². The summed E-state index contributed by atoms with van der Waals surface area (Å²) in [6, 6.07) is 8.67. The first-order valence-corrected chi connectivity index (χ1v) is 14.6. The van der Waals surface area contributed by atoms with E-state index in [1.807, 2.05) is 0 Å². The van der Waals surface area contributed by atoms with E-state index >= 15 is 0 Å². The van der Waals surface area contributed by atoms with Gasteiger partial charge in [0.15, 0.2) is 11.4 Å². The molecule has 6 atom stereocenters. The van der Waals surface area contributed by atoms with Crippen molar-refractivity contribution in [2.24, 2.45) is 23.5 Å². The summed E-state index contributed by atoms with van der Waals surface area (Å²) in [6.07, 6.45) is -1.47. The van der Waals surface area contributed by atoms with Crippen LogP contribution in [0.3, 0.4) is 0 Å². The van der Waals surface area contributed by atoms with E-state index in [1.54, 1.807) is 44.4 Å². The van der Waals surface area contributed by atoms with Gasteiger partial charge in [-0.2, -0.15) is 0 Å². The van der Waals surface area contributed by atoms with Crippen LogP contribution in [0.15, 0.2) is 42.0 Å². The van der Waals surface area contributed by atoms with Crippen LogP contribution in [-0.2, 0) is 25.6 Å². The molecule has 3 aliphatic rings. The van der Waals surface area contributed by atoms with Crippen LogP contribution in [-0.4, -0.2) is 99.5 Å². The first-order valence-electron chi connectivity index (χ1n) is 14.6. The fourth-order valence-electron chi connectivity index (χ4n) is 7.22. The van der Waals surface area contributed by atoms with E-state index in [0.717, 1.165) is 0 Å². The second-order valence-electron chi connectivity index (χ2n) is 12.1. The van der Waals surface area contributed by atoms with Gasteiger partial charge < -0.3 is 41.7 Å². The summed E-state index contributed by atoms with van der Waals surface area (Å²) in [5.41, 5.74) is 4.39. The highest BCUT2D eigenvalue weighted by Crippen LogP contribution is 2.53. The van der Waals surface area contributed by atoms with Gasteiger partial charge in [-0.3, -0.25) is 24.0 Å². The van der Waals surface area contributed by atoms with E-state index in [4.69, 9.17) is 5.73 Å². The van der Waals surface area contributed by atoms with Crippen molar-refractivity contribution >= 4 is 35.0 Å². The molecule has 2 aromatic rings. The average Bonchev–Trinajstić information content (AvgIpc) is 2.96. The Bertz CT molecular complexity index is 1650. The van der Waals surface area contributed by atoms with Crippen molar-refractivity contribution in [1.29, 1.82) is 0 Å². The summed E-state index contributed by atoms with van der Waals surface area (Å²) in [4.78, 5) is 65.2. The molecule has 0 bridgehead atoms. The van der Waals surface area contributed by atoms with Gasteiger partial charge in [0.1, 0.15) is 17.4 Å². The maximum Gasteiger partial charge on any atom is 0.251 e. The molecule has 0 heterocycles. The maximum atomic E-state index is 14.0. The van der Waals surface area contributed by atoms with Gasteiger partial charge in [0.05, 0.1) is 11.7 Å². The number of phenolic OH excluding ortho intramolecular Hbond substituents is 1. The molecule has 0 radical (unpaired) electrons. The number of nitrogens with zero attached hydrogens (tertiary/aromatic N) is 1. The molecule has 2 fully saturated rings. The third kappa shape index (κ3) is 5.16. The second kappa shape index (κ2) is 11.7. The molecule has 2 unspecified atom stereocenters.